The van der Waals surface area contributed by atoms with E-state index < -0.39 is 83.3 Å². The van der Waals surface area contributed by atoms with Crippen molar-refractivity contribution in [2.75, 3.05) is 27.1 Å². The Morgan fingerprint density at radius 3 is 2.36 bits per heavy atom. The number of hydrogen-bond acceptors (Lipinski definition) is 14. The first-order valence-electron chi connectivity index (χ1n) is 23.7. The van der Waals surface area contributed by atoms with Crippen molar-refractivity contribution in [3.8, 4) is 0 Å². The number of carbonyl (C=O) groups is 1. The highest BCUT2D eigenvalue weighted by Crippen LogP contribution is 2.48. The second-order valence-corrected chi connectivity index (χ2v) is 21.4. The first-order valence-corrected chi connectivity index (χ1v) is 25.3. The second-order valence-electron chi connectivity index (χ2n) is 19.8. The van der Waals surface area contributed by atoms with E-state index in [1.807, 2.05) is 26.0 Å². The molecule has 5 fully saturated rings. The quantitative estimate of drug-likeness (QED) is 0.205. The van der Waals surface area contributed by atoms with Crippen LogP contribution in [-0.2, 0) is 63.0 Å². The minimum absolute atomic E-state index is 0.00949. The molecule has 362 valence electrons. The van der Waals surface area contributed by atoms with Gasteiger partial charge in [-0.05, 0) is 69.1 Å². The van der Waals surface area contributed by atoms with Crippen molar-refractivity contribution in [2.45, 2.75) is 203 Å². The Balaban J connectivity index is 1.17. The van der Waals surface area contributed by atoms with Gasteiger partial charge in [0, 0.05) is 69.3 Å². The van der Waals surface area contributed by atoms with Crippen LogP contribution in [0.2, 0.25) is 0 Å². The maximum absolute atomic E-state index is 14.4. The molecule has 0 amide bonds. The number of fused-ring (bicyclic) bond motifs is 2. The van der Waals surface area contributed by atoms with Crippen LogP contribution in [0.3, 0.4) is 0 Å². The molecule has 2 unspecified atom stereocenters. The van der Waals surface area contributed by atoms with Gasteiger partial charge in [0.05, 0.1) is 54.6 Å². The average Bonchev–Trinajstić information content (AvgIpc) is 3.60. The molecule has 0 aromatic carbocycles. The highest BCUT2D eigenvalue weighted by Gasteiger charge is 2.60. The minimum atomic E-state index is -1.82. The number of aliphatic hydroxyl groups excluding tert-OH is 1. The number of methoxy groups -OCH3 is 2. The maximum atomic E-state index is 14.4. The fraction of sp³-hybridized carbons (Fsp3) is 0.816. The zero-order valence-electron chi connectivity index (χ0n) is 39.8. The van der Waals surface area contributed by atoms with Gasteiger partial charge in [-0.3, -0.25) is 9.00 Å². The van der Waals surface area contributed by atoms with Gasteiger partial charge in [-0.15, -0.1) is 0 Å². The summed E-state index contributed by atoms with van der Waals surface area (Å²) in [5.74, 6) is -2.11. The van der Waals surface area contributed by atoms with Crippen molar-refractivity contribution < 1.29 is 66.6 Å². The van der Waals surface area contributed by atoms with Crippen molar-refractivity contribution in [2.24, 2.45) is 23.7 Å². The summed E-state index contributed by atoms with van der Waals surface area (Å²) in [4.78, 5) is 14.4. The van der Waals surface area contributed by atoms with Crippen LogP contribution in [0.25, 0.3) is 0 Å². The molecule has 2 N–H and O–H groups in total. The molecular weight excluding hydrogens is 845 g/mol. The van der Waals surface area contributed by atoms with Gasteiger partial charge in [0.25, 0.3) is 0 Å². The molecule has 21 atom stereocenters. The summed E-state index contributed by atoms with van der Waals surface area (Å²) in [5.41, 5.74) is 0.182. The smallest absolute Gasteiger partial charge is 0.316 e. The van der Waals surface area contributed by atoms with Crippen LogP contribution in [0.4, 0.5) is 0 Å². The van der Waals surface area contributed by atoms with Gasteiger partial charge in [0.2, 0.25) is 0 Å². The van der Waals surface area contributed by atoms with E-state index in [-0.39, 0.29) is 48.3 Å². The molecule has 15 heteroatoms. The van der Waals surface area contributed by atoms with E-state index in [0.717, 1.165) is 18.4 Å². The van der Waals surface area contributed by atoms with Gasteiger partial charge in [-0.25, -0.2) is 0 Å². The van der Waals surface area contributed by atoms with E-state index in [0.29, 0.717) is 61.5 Å². The first-order chi connectivity index (χ1) is 30.4. The Morgan fingerprint density at radius 2 is 1.66 bits per heavy atom. The molecule has 1 aliphatic carbocycles. The molecule has 0 radical (unpaired) electrons. The molecular formula is C49H76O14S. The number of esters is 1. The van der Waals surface area contributed by atoms with E-state index >= 15 is 0 Å². The average molecular weight is 921 g/mol. The van der Waals surface area contributed by atoms with Crippen LogP contribution in [0.5, 0.6) is 0 Å². The molecule has 0 aromatic rings. The predicted molar refractivity (Wildman–Crippen MR) is 239 cm³/mol. The van der Waals surface area contributed by atoms with E-state index in [2.05, 4.69) is 40.7 Å². The Kier molecular flexibility index (Phi) is 16.2. The van der Waals surface area contributed by atoms with E-state index in [1.54, 1.807) is 39.6 Å². The molecule has 2 bridgehead atoms. The Bertz CT molecular complexity index is 1780. The SMILES string of the molecule is CCC(C)[C@H]1O[C@]2(CC[C@@H]1C)C[C@@H]1C[C@@H](C/C=C(\C)[C@@H](O[C@H]3C[C@H](OC)[C@@H](O[C@H]4C[C@H](OC)[C@H](S(C)=O)[C@H](C)O4)[C@H](C)O3)[C@@H](C)/C=C/C=C3\CO[C@@H]4[C@H](O)C(C)=C[C@@H](C(=O)O1)[C@]34O)O2. The molecule has 0 aromatic heterocycles. The molecule has 7 aliphatic rings. The Labute approximate surface area is 383 Å². The van der Waals surface area contributed by atoms with Gasteiger partial charge < -0.3 is 57.6 Å². The molecule has 64 heavy (non-hydrogen) atoms. The Morgan fingerprint density at radius 1 is 0.953 bits per heavy atom. The van der Waals surface area contributed by atoms with E-state index in [1.165, 1.54) is 0 Å². The zero-order chi connectivity index (χ0) is 46.2. The number of rotatable bonds is 9. The first kappa shape index (κ1) is 50.0. The lowest BCUT2D eigenvalue weighted by Gasteiger charge is -2.51. The highest BCUT2D eigenvalue weighted by atomic mass is 32.2. The highest BCUT2D eigenvalue weighted by molar-refractivity contribution is 7.85. The minimum Gasteiger partial charge on any atom is -0.462 e. The van der Waals surface area contributed by atoms with Crippen LogP contribution in [0.1, 0.15) is 107 Å². The van der Waals surface area contributed by atoms with Crippen molar-refractivity contribution in [3.63, 3.8) is 0 Å². The zero-order valence-corrected chi connectivity index (χ0v) is 40.7. The second kappa shape index (κ2) is 20.8. The Hall–Kier alpha value is -1.86. The summed E-state index contributed by atoms with van der Waals surface area (Å²) in [6.45, 7) is 16.4. The van der Waals surface area contributed by atoms with Crippen molar-refractivity contribution in [1.29, 1.82) is 0 Å². The van der Waals surface area contributed by atoms with Gasteiger partial charge in [0.1, 0.15) is 35.9 Å². The number of carbonyl (C=O) groups excluding carboxylic acids is 1. The lowest BCUT2D eigenvalue weighted by molar-refractivity contribution is -0.340. The summed E-state index contributed by atoms with van der Waals surface area (Å²) in [5, 5.41) is 23.5. The van der Waals surface area contributed by atoms with Gasteiger partial charge in [-0.2, -0.15) is 0 Å². The van der Waals surface area contributed by atoms with Crippen LogP contribution < -0.4 is 0 Å². The van der Waals surface area contributed by atoms with Crippen LogP contribution >= 0.6 is 0 Å². The normalized spacial score (nSPS) is 48.7. The van der Waals surface area contributed by atoms with Gasteiger partial charge in [-0.1, -0.05) is 64.5 Å². The summed E-state index contributed by atoms with van der Waals surface area (Å²) in [7, 11) is 2.15. The summed E-state index contributed by atoms with van der Waals surface area (Å²) >= 11 is 0. The lowest BCUT2D eigenvalue weighted by atomic mass is 9.71. The number of allylic oxidation sites excluding steroid dienone is 2. The molecule has 0 saturated carbocycles. The topological polar surface area (TPSA) is 167 Å². The number of aliphatic hydroxyl groups is 2. The van der Waals surface area contributed by atoms with E-state index in [9.17, 15) is 19.2 Å². The van der Waals surface area contributed by atoms with Gasteiger partial charge in [0.15, 0.2) is 18.4 Å². The fourth-order valence-corrected chi connectivity index (χ4v) is 12.7. The van der Waals surface area contributed by atoms with E-state index in [4.69, 9.17) is 47.4 Å². The van der Waals surface area contributed by atoms with Crippen LogP contribution in [0, 0.1) is 23.7 Å². The molecule has 7 rings (SSSR count). The number of hydrogen-bond donors (Lipinski definition) is 2. The summed E-state index contributed by atoms with van der Waals surface area (Å²) in [6, 6.07) is 0. The van der Waals surface area contributed by atoms with Crippen LogP contribution in [0.15, 0.2) is 47.1 Å². The molecule has 14 nitrogen and oxygen atoms in total. The predicted octanol–water partition coefficient (Wildman–Crippen LogP) is 5.99. The van der Waals surface area contributed by atoms with Crippen molar-refractivity contribution >= 4 is 16.8 Å². The molecule has 6 heterocycles. The summed E-state index contributed by atoms with van der Waals surface area (Å²) < 4.78 is 77.1. The lowest BCUT2D eigenvalue weighted by Crippen LogP contribution is -2.58. The molecule has 6 aliphatic heterocycles. The monoisotopic (exact) mass is 920 g/mol. The van der Waals surface area contributed by atoms with Crippen molar-refractivity contribution in [3.05, 3.63) is 47.1 Å². The number of ether oxygens (including phenoxy) is 10. The largest absolute Gasteiger partial charge is 0.462 e. The third-order valence-corrected chi connectivity index (χ3v) is 16.7. The van der Waals surface area contributed by atoms with Crippen molar-refractivity contribution in [1.82, 2.24) is 0 Å². The van der Waals surface area contributed by atoms with Crippen LogP contribution in [-0.4, -0.2) is 144 Å². The fourth-order valence-electron chi connectivity index (χ4n) is 11.4. The maximum Gasteiger partial charge on any atom is 0.316 e. The standard InChI is InChI=1S/C49H76O14S/c1-12-26(2)43-29(5)18-19-48(63-43)24-35-21-34(62-48)17-16-28(4)42(27(3)14-13-15-33-25-56-46-41(50)30(6)20-36(47(51)59-35)49(33,46)52)60-39-22-37(54-9)44(31(7)57-39)61-40-23-38(55-10)45(64(11)53)32(8)58-40/h13-16,20,26-27,29,31-32,34-46,50,52H,12,17-19,21-25H2,1-11H3/b14-13+,28-16+,33-15+/t26?,27-,29-,31-,32-,34+,35-,36-,37-,38-,39-,40-,41+,42-,43+,44-,45+,46+,48+,49+,64?/m0/s1. The third kappa shape index (κ3) is 10.3. The third-order valence-electron chi connectivity index (χ3n) is 15.3. The van der Waals surface area contributed by atoms with Gasteiger partial charge >= 0.3 is 5.97 Å². The molecule has 1 spiro atoms. The molecule has 5 saturated heterocycles. The summed E-state index contributed by atoms with van der Waals surface area (Å²) in [6.07, 6.45) is 9.27.